The number of hydrogen-bond donors (Lipinski definition) is 1. The van der Waals surface area contributed by atoms with Gasteiger partial charge in [0.1, 0.15) is 0 Å². The summed E-state index contributed by atoms with van der Waals surface area (Å²) in [6.45, 7) is 12.5. The van der Waals surface area contributed by atoms with Crippen LogP contribution in [0.25, 0.3) is 0 Å². The van der Waals surface area contributed by atoms with Crippen LogP contribution in [0.1, 0.15) is 24.5 Å². The maximum Gasteiger partial charge on any atom is 0.309 e. The lowest BCUT2D eigenvalue weighted by atomic mass is 10.1. The van der Waals surface area contributed by atoms with E-state index in [1.165, 1.54) is 0 Å². The second-order valence-electron chi connectivity index (χ2n) is 7.32. The summed E-state index contributed by atoms with van der Waals surface area (Å²) in [4.78, 5) is 23.4. The van der Waals surface area contributed by atoms with Crippen LogP contribution < -0.4 is 0 Å². The standard InChI is InChI=1S/C17H28N4O2S/c1-12(2)21-7-14(17(22)23)6-20-5-4-19(9-16(20)10-21)8-15-11-24-13(3)18-15/h11-12,14,16H,4-10H2,1-3H3,(H,22,23). The predicted octanol–water partition coefficient (Wildman–Crippen LogP) is 1.36. The molecule has 2 aliphatic rings. The summed E-state index contributed by atoms with van der Waals surface area (Å²) >= 11 is 1.71. The number of aryl methyl sites for hydroxylation is 1. The first-order chi connectivity index (χ1) is 11.4. The van der Waals surface area contributed by atoms with Crippen molar-refractivity contribution in [3.63, 3.8) is 0 Å². The van der Waals surface area contributed by atoms with Crippen LogP contribution in [0.2, 0.25) is 0 Å². The molecule has 134 valence electrons. The summed E-state index contributed by atoms with van der Waals surface area (Å²) in [7, 11) is 0. The first-order valence-electron chi connectivity index (χ1n) is 8.76. The summed E-state index contributed by atoms with van der Waals surface area (Å²) in [5, 5.41) is 12.8. The zero-order chi connectivity index (χ0) is 17.3. The number of aliphatic carboxylic acids is 1. The highest BCUT2D eigenvalue weighted by Crippen LogP contribution is 2.22. The van der Waals surface area contributed by atoms with Crippen molar-refractivity contribution in [1.29, 1.82) is 0 Å². The third-order valence-corrected chi connectivity index (χ3v) is 6.00. The number of nitrogens with zero attached hydrogens (tertiary/aromatic N) is 4. The second kappa shape index (κ2) is 7.47. The lowest BCUT2D eigenvalue weighted by molar-refractivity contribution is -0.142. The molecule has 0 aliphatic carbocycles. The Morgan fingerprint density at radius 2 is 2.12 bits per heavy atom. The summed E-state index contributed by atoms with van der Waals surface area (Å²) in [5.41, 5.74) is 1.16. The third-order valence-electron chi connectivity index (χ3n) is 5.18. The maximum atomic E-state index is 11.6. The van der Waals surface area contributed by atoms with Crippen LogP contribution in [0.5, 0.6) is 0 Å². The molecule has 1 aromatic rings. The Balaban J connectivity index is 1.68. The molecule has 0 aromatic carbocycles. The Bertz CT molecular complexity index is 577. The van der Waals surface area contributed by atoms with E-state index in [0.29, 0.717) is 25.2 Å². The lowest BCUT2D eigenvalue weighted by Gasteiger charge is -2.41. The van der Waals surface area contributed by atoms with Crippen LogP contribution in [0.3, 0.4) is 0 Å². The Kier molecular flexibility index (Phi) is 5.54. The zero-order valence-corrected chi connectivity index (χ0v) is 15.6. The topological polar surface area (TPSA) is 59.9 Å². The van der Waals surface area contributed by atoms with E-state index in [2.05, 4.69) is 38.9 Å². The lowest BCUT2D eigenvalue weighted by Crippen LogP contribution is -2.56. The summed E-state index contributed by atoms with van der Waals surface area (Å²) in [6.07, 6.45) is 0. The summed E-state index contributed by atoms with van der Waals surface area (Å²) in [5.74, 6) is -0.952. The minimum atomic E-state index is -0.665. The third kappa shape index (κ3) is 4.14. The fourth-order valence-electron chi connectivity index (χ4n) is 3.77. The SMILES string of the molecule is Cc1nc(CN2CCN3CC(C(=O)O)CN(C(C)C)CC3C2)cs1. The van der Waals surface area contributed by atoms with Crippen molar-refractivity contribution in [1.82, 2.24) is 19.7 Å². The van der Waals surface area contributed by atoms with Gasteiger partial charge in [-0.25, -0.2) is 4.98 Å². The smallest absolute Gasteiger partial charge is 0.309 e. The number of carboxylic acids is 1. The van der Waals surface area contributed by atoms with Crippen molar-refractivity contribution in [3.8, 4) is 0 Å². The number of thiazole rings is 1. The predicted molar refractivity (Wildman–Crippen MR) is 95.3 cm³/mol. The number of fused-ring (bicyclic) bond motifs is 1. The molecule has 2 saturated heterocycles. The molecule has 2 unspecified atom stereocenters. The molecule has 3 rings (SSSR count). The van der Waals surface area contributed by atoms with Gasteiger partial charge < -0.3 is 5.11 Å². The van der Waals surface area contributed by atoms with Crippen molar-refractivity contribution in [2.24, 2.45) is 5.92 Å². The summed E-state index contributed by atoms with van der Waals surface area (Å²) in [6, 6.07) is 0.786. The fraction of sp³-hybridized carbons (Fsp3) is 0.765. The van der Waals surface area contributed by atoms with Gasteiger partial charge in [0.05, 0.1) is 16.6 Å². The fourth-order valence-corrected chi connectivity index (χ4v) is 4.38. The Labute approximate surface area is 148 Å². The molecule has 7 heteroatoms. The monoisotopic (exact) mass is 352 g/mol. The van der Waals surface area contributed by atoms with E-state index in [4.69, 9.17) is 0 Å². The highest BCUT2D eigenvalue weighted by atomic mass is 32.1. The molecule has 0 radical (unpaired) electrons. The van der Waals surface area contributed by atoms with Gasteiger partial charge in [-0.05, 0) is 20.8 Å². The van der Waals surface area contributed by atoms with Gasteiger partial charge in [0.15, 0.2) is 0 Å². The van der Waals surface area contributed by atoms with Gasteiger partial charge in [-0.1, -0.05) is 0 Å². The Hall–Kier alpha value is -1.02. The Morgan fingerprint density at radius 1 is 1.33 bits per heavy atom. The van der Waals surface area contributed by atoms with Gasteiger partial charge in [0, 0.05) is 63.3 Å². The van der Waals surface area contributed by atoms with E-state index in [0.717, 1.165) is 43.4 Å². The number of piperazine rings is 1. The van der Waals surface area contributed by atoms with E-state index in [9.17, 15) is 9.90 Å². The molecule has 3 heterocycles. The van der Waals surface area contributed by atoms with Gasteiger partial charge in [-0.2, -0.15) is 0 Å². The first kappa shape index (κ1) is 17.8. The number of rotatable bonds is 4. The number of carboxylic acid groups (broad SMARTS) is 1. The van der Waals surface area contributed by atoms with Crippen LogP contribution in [0.4, 0.5) is 0 Å². The minimum absolute atomic E-state index is 0.287. The van der Waals surface area contributed by atoms with E-state index < -0.39 is 5.97 Å². The van der Waals surface area contributed by atoms with Crippen LogP contribution in [0, 0.1) is 12.8 Å². The molecule has 0 bridgehead atoms. The van der Waals surface area contributed by atoms with Crippen LogP contribution in [0.15, 0.2) is 5.38 Å². The molecule has 6 nitrogen and oxygen atoms in total. The van der Waals surface area contributed by atoms with Crippen molar-refractivity contribution in [2.75, 3.05) is 39.3 Å². The zero-order valence-electron chi connectivity index (χ0n) is 14.8. The quantitative estimate of drug-likeness (QED) is 0.883. The van der Waals surface area contributed by atoms with Gasteiger partial charge in [0.2, 0.25) is 0 Å². The van der Waals surface area contributed by atoms with Crippen molar-refractivity contribution in [2.45, 2.75) is 39.4 Å². The average molecular weight is 353 g/mol. The first-order valence-corrected chi connectivity index (χ1v) is 9.64. The van der Waals surface area contributed by atoms with Crippen LogP contribution >= 0.6 is 11.3 Å². The minimum Gasteiger partial charge on any atom is -0.481 e. The average Bonchev–Trinajstić information content (AvgIpc) is 2.82. The molecule has 2 atom stereocenters. The van der Waals surface area contributed by atoms with Gasteiger partial charge >= 0.3 is 5.97 Å². The number of aromatic nitrogens is 1. The number of hydrogen-bond acceptors (Lipinski definition) is 6. The van der Waals surface area contributed by atoms with Gasteiger partial charge in [-0.15, -0.1) is 11.3 Å². The van der Waals surface area contributed by atoms with Gasteiger partial charge in [0.25, 0.3) is 0 Å². The molecular formula is C17H28N4O2S. The molecule has 1 aromatic heterocycles. The number of carbonyl (C=O) groups is 1. The van der Waals surface area contributed by atoms with Crippen molar-refractivity contribution < 1.29 is 9.90 Å². The Morgan fingerprint density at radius 3 is 2.75 bits per heavy atom. The molecule has 24 heavy (non-hydrogen) atoms. The van der Waals surface area contributed by atoms with E-state index in [-0.39, 0.29) is 5.92 Å². The van der Waals surface area contributed by atoms with Crippen molar-refractivity contribution >= 4 is 17.3 Å². The molecule has 2 fully saturated rings. The van der Waals surface area contributed by atoms with Crippen LogP contribution in [-0.4, -0.2) is 82.1 Å². The van der Waals surface area contributed by atoms with E-state index in [1.807, 2.05) is 6.92 Å². The van der Waals surface area contributed by atoms with Gasteiger partial charge in [-0.3, -0.25) is 19.5 Å². The molecule has 0 saturated carbocycles. The maximum absolute atomic E-state index is 11.6. The molecule has 0 amide bonds. The largest absolute Gasteiger partial charge is 0.481 e. The molecule has 1 N–H and O–H groups in total. The highest BCUT2D eigenvalue weighted by molar-refractivity contribution is 7.09. The molecule has 0 spiro atoms. The molecular weight excluding hydrogens is 324 g/mol. The van der Waals surface area contributed by atoms with Crippen molar-refractivity contribution in [3.05, 3.63) is 16.1 Å². The van der Waals surface area contributed by atoms with E-state index in [1.54, 1.807) is 11.3 Å². The normalized spacial score (nSPS) is 27.2. The van der Waals surface area contributed by atoms with E-state index >= 15 is 0 Å². The molecule has 2 aliphatic heterocycles. The highest BCUT2D eigenvalue weighted by Gasteiger charge is 2.36. The van der Waals surface area contributed by atoms with Crippen LogP contribution in [-0.2, 0) is 11.3 Å². The summed E-state index contributed by atoms with van der Waals surface area (Å²) < 4.78 is 0. The second-order valence-corrected chi connectivity index (χ2v) is 8.39.